The van der Waals surface area contributed by atoms with E-state index in [1.807, 2.05) is 6.07 Å². The van der Waals surface area contributed by atoms with Crippen LogP contribution in [-0.2, 0) is 10.0 Å². The highest BCUT2D eigenvalue weighted by molar-refractivity contribution is 7.92. The minimum Gasteiger partial charge on any atom is -0.507 e. The van der Waals surface area contributed by atoms with Gasteiger partial charge in [0.1, 0.15) is 16.4 Å². The van der Waals surface area contributed by atoms with Crippen LogP contribution in [0.5, 0.6) is 11.5 Å². The Morgan fingerprint density at radius 1 is 1.09 bits per heavy atom. The number of phenolic OH excluding ortho intramolecular Hbond substituents is 1. The number of hydrogen-bond acceptors (Lipinski definition) is 7. The zero-order chi connectivity index (χ0) is 24.3. The van der Waals surface area contributed by atoms with Crippen molar-refractivity contribution in [2.45, 2.75) is 11.8 Å². The molecule has 0 bridgehead atoms. The maximum Gasteiger partial charge on any atom is 0.265 e. The monoisotopic (exact) mass is 478 g/mol. The summed E-state index contributed by atoms with van der Waals surface area (Å²) in [5.41, 5.74) is 0.863. The van der Waals surface area contributed by atoms with E-state index < -0.39 is 15.8 Å². The molecule has 174 valence electrons. The summed E-state index contributed by atoms with van der Waals surface area (Å²) in [6.07, 6.45) is 4.06. The molecule has 2 heterocycles. The fourth-order valence-corrected chi connectivity index (χ4v) is 4.84. The molecule has 0 unspecified atom stereocenters. The van der Waals surface area contributed by atoms with Crippen molar-refractivity contribution < 1.29 is 23.1 Å². The first-order valence-electron chi connectivity index (χ1n) is 10.4. The number of hydrogen-bond donors (Lipinski definition) is 1. The Bertz CT molecular complexity index is 1420. The van der Waals surface area contributed by atoms with Crippen LogP contribution in [0, 0.1) is 0 Å². The summed E-state index contributed by atoms with van der Waals surface area (Å²) >= 11 is 0. The number of phenols is 1. The van der Waals surface area contributed by atoms with E-state index >= 15 is 0 Å². The number of benzene rings is 2. The summed E-state index contributed by atoms with van der Waals surface area (Å²) in [6, 6.07) is 16.1. The SMILES string of the molecule is CCN(c1ccccc1)S(=O)(=O)c1ccc(-n2cc(C(=O)c3cc(OC)ccc3O)cn2)nc1. The van der Waals surface area contributed by atoms with Crippen LogP contribution in [0.1, 0.15) is 22.8 Å². The number of methoxy groups -OCH3 is 1. The van der Waals surface area contributed by atoms with E-state index in [1.54, 1.807) is 37.3 Å². The molecule has 10 heteroatoms. The molecule has 0 saturated carbocycles. The third-order valence-corrected chi connectivity index (χ3v) is 7.05. The number of aromatic hydroxyl groups is 1. The van der Waals surface area contributed by atoms with Crippen LogP contribution >= 0.6 is 0 Å². The number of anilines is 1. The fourth-order valence-electron chi connectivity index (χ4n) is 3.42. The average molecular weight is 479 g/mol. The van der Waals surface area contributed by atoms with Crippen LogP contribution in [0.4, 0.5) is 5.69 Å². The van der Waals surface area contributed by atoms with E-state index in [0.717, 1.165) is 0 Å². The van der Waals surface area contributed by atoms with Crippen molar-refractivity contribution in [2.75, 3.05) is 18.0 Å². The van der Waals surface area contributed by atoms with Crippen LogP contribution in [0.3, 0.4) is 0 Å². The van der Waals surface area contributed by atoms with Gasteiger partial charge < -0.3 is 9.84 Å². The second kappa shape index (κ2) is 9.36. The molecule has 0 radical (unpaired) electrons. The van der Waals surface area contributed by atoms with Crippen LogP contribution in [0.25, 0.3) is 5.82 Å². The predicted molar refractivity (Wildman–Crippen MR) is 126 cm³/mol. The van der Waals surface area contributed by atoms with Gasteiger partial charge >= 0.3 is 0 Å². The molecule has 0 spiro atoms. The molecule has 1 N–H and O–H groups in total. The lowest BCUT2D eigenvalue weighted by Crippen LogP contribution is -2.30. The summed E-state index contributed by atoms with van der Waals surface area (Å²) < 4.78 is 34.0. The smallest absolute Gasteiger partial charge is 0.265 e. The maximum atomic E-state index is 13.1. The Labute approximate surface area is 196 Å². The second-order valence-electron chi connectivity index (χ2n) is 7.24. The van der Waals surface area contributed by atoms with Crippen molar-refractivity contribution >= 4 is 21.5 Å². The van der Waals surface area contributed by atoms with Crippen LogP contribution < -0.4 is 9.04 Å². The maximum absolute atomic E-state index is 13.1. The van der Waals surface area contributed by atoms with Gasteiger partial charge in [0.2, 0.25) is 0 Å². The normalized spacial score (nSPS) is 11.2. The highest BCUT2D eigenvalue weighted by atomic mass is 32.2. The van der Waals surface area contributed by atoms with Crippen molar-refractivity contribution in [3.05, 3.63) is 90.4 Å². The molecule has 9 nitrogen and oxygen atoms in total. The van der Waals surface area contributed by atoms with Gasteiger partial charge in [0.25, 0.3) is 10.0 Å². The van der Waals surface area contributed by atoms with Crippen LogP contribution in [-0.4, -0.2) is 47.7 Å². The molecule has 0 aliphatic heterocycles. The van der Waals surface area contributed by atoms with E-state index in [1.165, 1.54) is 59.0 Å². The second-order valence-corrected chi connectivity index (χ2v) is 9.11. The van der Waals surface area contributed by atoms with Gasteiger partial charge in [0, 0.05) is 18.9 Å². The lowest BCUT2D eigenvalue weighted by molar-refractivity contribution is 0.103. The average Bonchev–Trinajstić information content (AvgIpc) is 3.35. The number of rotatable bonds is 8. The van der Waals surface area contributed by atoms with Crippen molar-refractivity contribution in [3.8, 4) is 17.3 Å². The topological polar surface area (TPSA) is 115 Å². The van der Waals surface area contributed by atoms with Gasteiger partial charge in [0.15, 0.2) is 11.6 Å². The highest BCUT2D eigenvalue weighted by Gasteiger charge is 2.24. The summed E-state index contributed by atoms with van der Waals surface area (Å²) in [4.78, 5) is 17.1. The van der Waals surface area contributed by atoms with Gasteiger partial charge in [-0.2, -0.15) is 5.10 Å². The largest absolute Gasteiger partial charge is 0.507 e. The Morgan fingerprint density at radius 3 is 2.50 bits per heavy atom. The fraction of sp³-hybridized carbons (Fsp3) is 0.125. The Hall–Kier alpha value is -4.18. The summed E-state index contributed by atoms with van der Waals surface area (Å²) in [5, 5.41) is 14.2. The number of carbonyl (C=O) groups excluding carboxylic acids is 1. The molecule has 2 aromatic carbocycles. The zero-order valence-electron chi connectivity index (χ0n) is 18.5. The van der Waals surface area contributed by atoms with Crippen molar-refractivity contribution in [3.63, 3.8) is 0 Å². The third kappa shape index (κ3) is 4.35. The molecule has 2 aromatic heterocycles. The number of pyridine rings is 1. The molecule has 0 aliphatic rings. The minimum atomic E-state index is -3.81. The van der Waals surface area contributed by atoms with Gasteiger partial charge in [0.05, 0.1) is 30.1 Å². The zero-order valence-corrected chi connectivity index (χ0v) is 19.3. The Kier molecular flexibility index (Phi) is 6.33. The van der Waals surface area contributed by atoms with E-state index in [2.05, 4.69) is 10.1 Å². The molecule has 0 atom stereocenters. The molecule has 0 aliphatic carbocycles. The number of nitrogens with zero attached hydrogens (tertiary/aromatic N) is 4. The highest BCUT2D eigenvalue weighted by Crippen LogP contribution is 2.26. The summed E-state index contributed by atoms with van der Waals surface area (Å²) in [7, 11) is -2.35. The van der Waals surface area contributed by atoms with Gasteiger partial charge in [-0.1, -0.05) is 18.2 Å². The van der Waals surface area contributed by atoms with Gasteiger partial charge in [-0.3, -0.25) is 9.10 Å². The number of para-hydroxylation sites is 1. The molecular weight excluding hydrogens is 456 g/mol. The number of carbonyl (C=O) groups is 1. The first-order valence-corrected chi connectivity index (χ1v) is 11.8. The Balaban J connectivity index is 1.59. The van der Waals surface area contributed by atoms with E-state index in [-0.39, 0.29) is 28.3 Å². The number of ketones is 1. The molecular formula is C24H22N4O5S. The molecule has 4 rings (SSSR count). The first-order chi connectivity index (χ1) is 16.3. The number of aromatic nitrogens is 3. The number of ether oxygens (including phenoxy) is 1. The first kappa shape index (κ1) is 23.0. The predicted octanol–water partition coefficient (Wildman–Crippen LogP) is 3.43. The standard InChI is InChI=1S/C24H22N4O5S/c1-3-28(18-7-5-4-6-8-18)34(31,32)20-10-12-23(25-15-20)27-16-17(14-26-27)24(30)21-13-19(33-2)9-11-22(21)29/h4-16,29H,3H2,1-2H3. The lowest BCUT2D eigenvalue weighted by Gasteiger charge is -2.22. The lowest BCUT2D eigenvalue weighted by atomic mass is 10.1. The molecule has 4 aromatic rings. The minimum absolute atomic E-state index is 0.0340. The van der Waals surface area contributed by atoms with Crippen molar-refractivity contribution in [1.82, 2.24) is 14.8 Å². The molecule has 0 saturated heterocycles. The Morgan fingerprint density at radius 2 is 1.85 bits per heavy atom. The summed E-state index contributed by atoms with van der Waals surface area (Å²) in [5.74, 6) is 0.146. The molecule has 0 fully saturated rings. The number of sulfonamides is 1. The van der Waals surface area contributed by atoms with Gasteiger partial charge in [-0.05, 0) is 49.4 Å². The van der Waals surface area contributed by atoms with E-state index in [0.29, 0.717) is 17.3 Å². The van der Waals surface area contributed by atoms with Gasteiger partial charge in [-0.15, -0.1) is 0 Å². The molecule has 0 amide bonds. The van der Waals surface area contributed by atoms with Crippen LogP contribution in [0.15, 0.2) is 84.1 Å². The van der Waals surface area contributed by atoms with Crippen LogP contribution in [0.2, 0.25) is 0 Å². The molecule has 34 heavy (non-hydrogen) atoms. The third-order valence-electron chi connectivity index (χ3n) is 5.17. The van der Waals surface area contributed by atoms with E-state index in [4.69, 9.17) is 4.74 Å². The van der Waals surface area contributed by atoms with Gasteiger partial charge in [-0.25, -0.2) is 18.1 Å². The summed E-state index contributed by atoms with van der Waals surface area (Å²) in [6.45, 7) is 2.02. The van der Waals surface area contributed by atoms with E-state index in [9.17, 15) is 18.3 Å². The van der Waals surface area contributed by atoms with Crippen molar-refractivity contribution in [2.24, 2.45) is 0 Å². The van der Waals surface area contributed by atoms with Crippen molar-refractivity contribution in [1.29, 1.82) is 0 Å². The quantitative estimate of drug-likeness (QED) is 0.386.